The molecule has 1 fully saturated rings. The van der Waals surface area contributed by atoms with Crippen molar-refractivity contribution < 1.29 is 8.78 Å². The molecule has 1 aliphatic rings. The smallest absolute Gasteiger partial charge is 0.280 e. The Morgan fingerprint density at radius 3 is 2.65 bits per heavy atom. The van der Waals surface area contributed by atoms with Crippen LogP contribution in [0.3, 0.4) is 0 Å². The summed E-state index contributed by atoms with van der Waals surface area (Å²) in [5, 5.41) is 0. The van der Waals surface area contributed by atoms with Gasteiger partial charge in [0, 0.05) is 38.3 Å². The minimum atomic E-state index is -2.61. The van der Waals surface area contributed by atoms with Gasteiger partial charge in [0.2, 0.25) is 0 Å². The van der Waals surface area contributed by atoms with Crippen molar-refractivity contribution in [2.75, 3.05) is 33.2 Å². The Bertz CT molecular complexity index is 655. The molecule has 121 valence electrons. The van der Waals surface area contributed by atoms with Crippen molar-refractivity contribution in [3.8, 4) is 11.3 Å². The van der Waals surface area contributed by atoms with Crippen molar-refractivity contribution in [1.82, 2.24) is 19.8 Å². The Kier molecular flexibility index (Phi) is 4.93. The van der Waals surface area contributed by atoms with Crippen LogP contribution in [0.2, 0.25) is 0 Å². The first-order chi connectivity index (χ1) is 11.1. The van der Waals surface area contributed by atoms with Crippen molar-refractivity contribution >= 4 is 0 Å². The number of hydrogen-bond acceptors (Lipinski definition) is 4. The van der Waals surface area contributed by atoms with Crippen molar-refractivity contribution in [3.63, 3.8) is 0 Å². The highest BCUT2D eigenvalue weighted by atomic mass is 19.3. The maximum Gasteiger partial charge on any atom is 0.280 e. The molecule has 6 heteroatoms. The van der Waals surface area contributed by atoms with Gasteiger partial charge in [0.05, 0.1) is 5.69 Å². The average molecular weight is 317 g/mol. The molecule has 4 nitrogen and oxygen atoms in total. The van der Waals surface area contributed by atoms with Crippen molar-refractivity contribution in [2.24, 2.45) is 0 Å². The normalized spacial score (nSPS) is 16.9. The molecule has 2 aromatic rings. The topological polar surface area (TPSA) is 32.3 Å². The van der Waals surface area contributed by atoms with Gasteiger partial charge in [-0.3, -0.25) is 4.90 Å². The van der Waals surface area contributed by atoms with Crippen LogP contribution < -0.4 is 0 Å². The van der Waals surface area contributed by atoms with Crippen LogP contribution in [0, 0.1) is 6.33 Å². The van der Waals surface area contributed by atoms with Gasteiger partial charge < -0.3 is 4.90 Å². The van der Waals surface area contributed by atoms with E-state index in [4.69, 9.17) is 0 Å². The quantitative estimate of drug-likeness (QED) is 0.868. The molecule has 0 saturated carbocycles. The zero-order chi connectivity index (χ0) is 16.2. The summed E-state index contributed by atoms with van der Waals surface area (Å²) >= 11 is 0. The molecule has 2 heterocycles. The molecule has 1 aromatic heterocycles. The number of piperazine rings is 1. The minimum Gasteiger partial charge on any atom is -0.304 e. The van der Waals surface area contributed by atoms with Crippen LogP contribution >= 0.6 is 0 Å². The highest BCUT2D eigenvalue weighted by molar-refractivity contribution is 5.60. The van der Waals surface area contributed by atoms with Crippen LogP contribution in [0.25, 0.3) is 11.3 Å². The fraction of sp³-hybridized carbons (Fsp3) is 0.412. The number of hydrogen-bond donors (Lipinski definition) is 0. The SMILES string of the molecule is CN1CCN(Cc2cccc(-c3cc(C(F)F)n[c]n3)c2)CC1. The van der Waals surface area contributed by atoms with Crippen molar-refractivity contribution in [2.45, 2.75) is 13.0 Å². The summed E-state index contributed by atoms with van der Waals surface area (Å²) in [6.07, 6.45) is -0.291. The van der Waals surface area contributed by atoms with Crippen molar-refractivity contribution in [3.05, 3.63) is 47.9 Å². The Morgan fingerprint density at radius 2 is 1.91 bits per heavy atom. The Labute approximate surface area is 134 Å². The van der Waals surface area contributed by atoms with Crippen LogP contribution in [0.4, 0.5) is 8.78 Å². The number of alkyl halides is 2. The molecule has 0 bridgehead atoms. The van der Waals surface area contributed by atoms with Gasteiger partial charge in [-0.15, -0.1) is 0 Å². The molecule has 1 aliphatic heterocycles. The van der Waals surface area contributed by atoms with Gasteiger partial charge in [0.1, 0.15) is 5.69 Å². The molecule has 3 rings (SSSR count). The first kappa shape index (κ1) is 16.0. The lowest BCUT2D eigenvalue weighted by Gasteiger charge is -2.32. The summed E-state index contributed by atoms with van der Waals surface area (Å²) in [7, 11) is 2.13. The van der Waals surface area contributed by atoms with E-state index in [1.54, 1.807) is 0 Å². The van der Waals surface area contributed by atoms with Crippen LogP contribution in [0.1, 0.15) is 17.7 Å². The van der Waals surface area contributed by atoms with E-state index in [1.807, 2.05) is 18.2 Å². The summed E-state index contributed by atoms with van der Waals surface area (Å²) < 4.78 is 25.5. The van der Waals surface area contributed by atoms with Crippen molar-refractivity contribution in [1.29, 1.82) is 0 Å². The summed E-state index contributed by atoms with van der Waals surface area (Å²) in [6.45, 7) is 5.07. The van der Waals surface area contributed by atoms with E-state index in [-0.39, 0.29) is 5.69 Å². The van der Waals surface area contributed by atoms with E-state index >= 15 is 0 Å². The van der Waals surface area contributed by atoms with E-state index < -0.39 is 6.43 Å². The second kappa shape index (κ2) is 7.10. The Hall–Kier alpha value is -1.92. The third kappa shape index (κ3) is 4.09. The van der Waals surface area contributed by atoms with Gasteiger partial charge in [0.15, 0.2) is 6.33 Å². The van der Waals surface area contributed by atoms with Gasteiger partial charge in [0.25, 0.3) is 6.43 Å². The number of halogens is 2. The van der Waals surface area contributed by atoms with E-state index in [0.717, 1.165) is 43.9 Å². The third-order valence-corrected chi connectivity index (χ3v) is 4.08. The standard InChI is InChI=1S/C17H19F2N4/c1-22-5-7-23(8-6-22)11-13-3-2-4-14(9-13)15-10-16(17(18)19)21-12-20-15/h2-4,9-10,17H,5-8,11H2,1H3. The zero-order valence-corrected chi connectivity index (χ0v) is 13.0. The average Bonchev–Trinajstić information content (AvgIpc) is 2.57. The van der Waals surface area contributed by atoms with Crippen LogP contribution in [0.15, 0.2) is 30.3 Å². The predicted octanol–water partition coefficient (Wildman–Crippen LogP) is 2.63. The summed E-state index contributed by atoms with van der Waals surface area (Å²) in [6, 6.07) is 9.20. The fourth-order valence-corrected chi connectivity index (χ4v) is 2.69. The number of nitrogens with zero attached hydrogens (tertiary/aromatic N) is 4. The lowest BCUT2D eigenvalue weighted by atomic mass is 10.1. The molecule has 1 aromatic carbocycles. The monoisotopic (exact) mass is 317 g/mol. The molecule has 23 heavy (non-hydrogen) atoms. The lowest BCUT2D eigenvalue weighted by molar-refractivity contribution is 0.146. The van der Waals surface area contributed by atoms with Crippen LogP contribution in [0.5, 0.6) is 0 Å². The highest BCUT2D eigenvalue weighted by Gasteiger charge is 2.15. The van der Waals surface area contributed by atoms with Gasteiger partial charge in [-0.05, 0) is 24.7 Å². The Morgan fingerprint density at radius 1 is 1.13 bits per heavy atom. The van der Waals surface area contributed by atoms with Crippen LogP contribution in [-0.4, -0.2) is 53.0 Å². The molecular formula is C17H19F2N4. The molecule has 0 amide bonds. The molecule has 0 atom stereocenters. The second-order valence-electron chi connectivity index (χ2n) is 5.86. The summed E-state index contributed by atoms with van der Waals surface area (Å²) in [5.74, 6) is 0. The fourth-order valence-electron chi connectivity index (χ4n) is 2.69. The number of rotatable bonds is 4. The summed E-state index contributed by atoms with van der Waals surface area (Å²) in [4.78, 5) is 12.2. The van der Waals surface area contributed by atoms with E-state index in [0.29, 0.717) is 5.69 Å². The second-order valence-corrected chi connectivity index (χ2v) is 5.86. The number of benzene rings is 1. The van der Waals surface area contributed by atoms with E-state index in [2.05, 4.69) is 39.2 Å². The highest BCUT2D eigenvalue weighted by Crippen LogP contribution is 2.23. The van der Waals surface area contributed by atoms with Gasteiger partial charge in [-0.25, -0.2) is 18.7 Å². The lowest BCUT2D eigenvalue weighted by Crippen LogP contribution is -2.43. The van der Waals surface area contributed by atoms with E-state index in [1.165, 1.54) is 6.07 Å². The molecule has 1 radical (unpaired) electrons. The third-order valence-electron chi connectivity index (χ3n) is 4.08. The molecule has 0 aliphatic carbocycles. The molecule has 0 unspecified atom stereocenters. The minimum absolute atomic E-state index is 0.292. The van der Waals surface area contributed by atoms with E-state index in [9.17, 15) is 8.78 Å². The molecular weight excluding hydrogens is 298 g/mol. The number of aromatic nitrogens is 2. The Balaban J connectivity index is 1.76. The van der Waals surface area contributed by atoms with Gasteiger partial charge in [-0.2, -0.15) is 0 Å². The molecule has 0 spiro atoms. The predicted molar refractivity (Wildman–Crippen MR) is 84.0 cm³/mol. The summed E-state index contributed by atoms with van der Waals surface area (Å²) in [5.41, 5.74) is 2.16. The maximum atomic E-state index is 12.8. The van der Waals surface area contributed by atoms with Gasteiger partial charge in [-0.1, -0.05) is 18.2 Å². The van der Waals surface area contributed by atoms with Crippen LogP contribution in [-0.2, 0) is 6.54 Å². The van der Waals surface area contributed by atoms with Gasteiger partial charge >= 0.3 is 0 Å². The number of likely N-dealkylation sites (N-methyl/N-ethyl adjacent to an activating group) is 1. The first-order valence-electron chi connectivity index (χ1n) is 7.65. The zero-order valence-electron chi connectivity index (χ0n) is 13.0. The first-order valence-corrected chi connectivity index (χ1v) is 7.65. The molecule has 0 N–H and O–H groups in total. The largest absolute Gasteiger partial charge is 0.304 e. The maximum absolute atomic E-state index is 12.8. The molecule has 1 saturated heterocycles.